The van der Waals surface area contributed by atoms with Crippen LogP contribution in [0, 0.1) is 11.8 Å². The van der Waals surface area contributed by atoms with Gasteiger partial charge in [-0.05, 0) is 69.2 Å². The molecule has 0 spiro atoms. The van der Waals surface area contributed by atoms with E-state index in [2.05, 4.69) is 22.1 Å². The maximum absolute atomic E-state index is 12.6. The molecule has 5 nitrogen and oxygen atoms in total. The second-order valence-corrected chi connectivity index (χ2v) is 7.89. The number of likely N-dealkylation sites (tertiary alicyclic amines) is 2. The number of piperidine rings is 2. The zero-order valence-electron chi connectivity index (χ0n) is 15.7. The highest BCUT2D eigenvalue weighted by atomic mass is 16.2. The van der Waals surface area contributed by atoms with Gasteiger partial charge in [-0.1, -0.05) is 13.0 Å². The number of aromatic nitrogens is 1. The third-order valence-corrected chi connectivity index (χ3v) is 5.72. The Bertz CT molecular complexity index is 542. The zero-order chi connectivity index (χ0) is 17.6. The SMILES string of the molecule is CC1CCN(C[C@H]2CCCN(C(=O)N[C@@H](C)c3cccnc3)C2)CC1. The lowest BCUT2D eigenvalue weighted by Crippen LogP contribution is -2.48. The molecule has 1 aromatic heterocycles. The number of hydrogen-bond donors (Lipinski definition) is 1. The number of carbonyl (C=O) groups excluding carboxylic acids is 1. The summed E-state index contributed by atoms with van der Waals surface area (Å²) in [5.74, 6) is 1.49. The number of nitrogens with one attached hydrogen (secondary N) is 1. The molecule has 2 fully saturated rings. The van der Waals surface area contributed by atoms with Crippen molar-refractivity contribution >= 4 is 6.03 Å². The predicted molar refractivity (Wildman–Crippen MR) is 100 cm³/mol. The Balaban J connectivity index is 1.48. The fourth-order valence-electron chi connectivity index (χ4n) is 4.00. The molecule has 0 unspecified atom stereocenters. The van der Waals surface area contributed by atoms with Gasteiger partial charge in [0.25, 0.3) is 0 Å². The van der Waals surface area contributed by atoms with Gasteiger partial charge < -0.3 is 15.1 Å². The van der Waals surface area contributed by atoms with E-state index in [0.717, 1.165) is 37.5 Å². The van der Waals surface area contributed by atoms with E-state index >= 15 is 0 Å². The standard InChI is InChI=1S/C20H32N4O/c1-16-7-11-23(12-8-16)14-18-5-4-10-24(15-18)20(25)22-17(2)19-6-3-9-21-13-19/h3,6,9,13,16-18H,4-5,7-8,10-12,14-15H2,1-2H3,(H,22,25)/t17-,18+/m0/s1. The van der Waals surface area contributed by atoms with Gasteiger partial charge in [-0.25, -0.2) is 4.79 Å². The maximum atomic E-state index is 12.6. The van der Waals surface area contributed by atoms with Gasteiger partial charge in [0.2, 0.25) is 0 Å². The van der Waals surface area contributed by atoms with E-state index in [1.807, 2.05) is 30.2 Å². The highest BCUT2D eigenvalue weighted by Crippen LogP contribution is 2.22. The molecule has 2 amide bonds. The van der Waals surface area contributed by atoms with Gasteiger partial charge in [-0.3, -0.25) is 4.98 Å². The fraction of sp³-hybridized carbons (Fsp3) is 0.700. The summed E-state index contributed by atoms with van der Waals surface area (Å²) in [6, 6.07) is 3.97. The van der Waals surface area contributed by atoms with Crippen LogP contribution >= 0.6 is 0 Å². The number of amides is 2. The Morgan fingerprint density at radius 3 is 2.84 bits per heavy atom. The molecular formula is C20H32N4O. The highest BCUT2D eigenvalue weighted by molar-refractivity contribution is 5.74. The Morgan fingerprint density at radius 1 is 1.32 bits per heavy atom. The molecule has 0 aliphatic carbocycles. The molecule has 3 heterocycles. The minimum Gasteiger partial charge on any atom is -0.331 e. The molecule has 1 aromatic rings. The van der Waals surface area contributed by atoms with Gasteiger partial charge in [0.1, 0.15) is 0 Å². The van der Waals surface area contributed by atoms with E-state index in [1.165, 1.54) is 32.4 Å². The monoisotopic (exact) mass is 344 g/mol. The molecule has 2 aliphatic heterocycles. The summed E-state index contributed by atoms with van der Waals surface area (Å²) in [6.45, 7) is 9.73. The first-order valence-corrected chi connectivity index (χ1v) is 9.79. The van der Waals surface area contributed by atoms with Crippen molar-refractivity contribution in [3.8, 4) is 0 Å². The Kier molecular flexibility index (Phi) is 6.29. The summed E-state index contributed by atoms with van der Waals surface area (Å²) in [6.07, 6.45) is 8.58. The summed E-state index contributed by atoms with van der Waals surface area (Å²) < 4.78 is 0. The molecule has 2 saturated heterocycles. The lowest BCUT2D eigenvalue weighted by atomic mass is 9.94. The van der Waals surface area contributed by atoms with Gasteiger partial charge in [-0.15, -0.1) is 0 Å². The van der Waals surface area contributed by atoms with Crippen LogP contribution in [0.3, 0.4) is 0 Å². The van der Waals surface area contributed by atoms with E-state index in [9.17, 15) is 4.79 Å². The van der Waals surface area contributed by atoms with E-state index in [0.29, 0.717) is 5.92 Å². The molecular weight excluding hydrogens is 312 g/mol. The molecule has 0 bridgehead atoms. The van der Waals surface area contributed by atoms with Gasteiger partial charge in [-0.2, -0.15) is 0 Å². The summed E-state index contributed by atoms with van der Waals surface area (Å²) in [5, 5.41) is 3.13. The van der Waals surface area contributed by atoms with Crippen LogP contribution < -0.4 is 5.32 Å². The minimum atomic E-state index is -0.00911. The van der Waals surface area contributed by atoms with E-state index in [1.54, 1.807) is 6.20 Å². The summed E-state index contributed by atoms with van der Waals surface area (Å²) in [7, 11) is 0. The van der Waals surface area contributed by atoms with Crippen LogP contribution in [-0.2, 0) is 0 Å². The van der Waals surface area contributed by atoms with Gasteiger partial charge >= 0.3 is 6.03 Å². The third kappa shape index (κ3) is 5.18. The molecule has 0 saturated carbocycles. The number of pyridine rings is 1. The van der Waals surface area contributed by atoms with Crippen molar-refractivity contribution in [2.24, 2.45) is 11.8 Å². The minimum absolute atomic E-state index is 0.00911. The average molecular weight is 345 g/mol. The van der Waals surface area contributed by atoms with E-state index < -0.39 is 0 Å². The lowest BCUT2D eigenvalue weighted by molar-refractivity contribution is 0.119. The van der Waals surface area contributed by atoms with Crippen molar-refractivity contribution < 1.29 is 4.79 Å². The van der Waals surface area contributed by atoms with Crippen molar-refractivity contribution in [2.45, 2.75) is 45.6 Å². The number of nitrogens with zero attached hydrogens (tertiary/aromatic N) is 3. The molecule has 2 aliphatic rings. The summed E-state index contributed by atoms with van der Waals surface area (Å²) >= 11 is 0. The molecule has 2 atom stereocenters. The number of hydrogen-bond acceptors (Lipinski definition) is 3. The number of rotatable bonds is 4. The van der Waals surface area contributed by atoms with Crippen LogP contribution in [0.25, 0.3) is 0 Å². The maximum Gasteiger partial charge on any atom is 0.317 e. The van der Waals surface area contributed by atoms with E-state index in [-0.39, 0.29) is 12.1 Å². The van der Waals surface area contributed by atoms with Crippen molar-refractivity contribution in [3.05, 3.63) is 30.1 Å². The van der Waals surface area contributed by atoms with Crippen LogP contribution in [0.15, 0.2) is 24.5 Å². The van der Waals surface area contributed by atoms with Crippen LogP contribution in [0.4, 0.5) is 4.79 Å². The zero-order valence-corrected chi connectivity index (χ0v) is 15.7. The van der Waals surface area contributed by atoms with Gasteiger partial charge in [0, 0.05) is 32.0 Å². The molecule has 3 rings (SSSR count). The van der Waals surface area contributed by atoms with Crippen LogP contribution in [0.5, 0.6) is 0 Å². The second kappa shape index (κ2) is 8.65. The largest absolute Gasteiger partial charge is 0.331 e. The van der Waals surface area contributed by atoms with Crippen molar-refractivity contribution in [1.29, 1.82) is 0 Å². The fourth-order valence-corrected chi connectivity index (χ4v) is 4.00. The Labute approximate surface area is 151 Å². The molecule has 138 valence electrons. The normalized spacial score (nSPS) is 24.1. The highest BCUT2D eigenvalue weighted by Gasteiger charge is 2.27. The topological polar surface area (TPSA) is 48.5 Å². The Morgan fingerprint density at radius 2 is 2.12 bits per heavy atom. The van der Waals surface area contributed by atoms with Gasteiger partial charge in [0.05, 0.1) is 6.04 Å². The summed E-state index contributed by atoms with van der Waals surface area (Å²) in [4.78, 5) is 21.4. The van der Waals surface area contributed by atoms with Crippen LogP contribution in [-0.4, -0.2) is 53.5 Å². The summed E-state index contributed by atoms with van der Waals surface area (Å²) in [5.41, 5.74) is 1.05. The average Bonchev–Trinajstić information content (AvgIpc) is 2.64. The third-order valence-electron chi connectivity index (χ3n) is 5.72. The molecule has 25 heavy (non-hydrogen) atoms. The van der Waals surface area contributed by atoms with Crippen LogP contribution in [0.1, 0.15) is 51.1 Å². The second-order valence-electron chi connectivity index (χ2n) is 7.89. The van der Waals surface area contributed by atoms with Crippen molar-refractivity contribution in [2.75, 3.05) is 32.7 Å². The molecule has 0 aromatic carbocycles. The Hall–Kier alpha value is -1.62. The smallest absolute Gasteiger partial charge is 0.317 e. The molecule has 0 radical (unpaired) electrons. The van der Waals surface area contributed by atoms with Crippen molar-refractivity contribution in [1.82, 2.24) is 20.1 Å². The van der Waals surface area contributed by atoms with Gasteiger partial charge in [0.15, 0.2) is 0 Å². The van der Waals surface area contributed by atoms with Crippen molar-refractivity contribution in [3.63, 3.8) is 0 Å². The first-order chi connectivity index (χ1) is 12.1. The lowest BCUT2D eigenvalue weighted by Gasteiger charge is -2.38. The molecule has 5 heteroatoms. The predicted octanol–water partition coefficient (Wildman–Crippen LogP) is 3.30. The molecule has 1 N–H and O–H groups in total. The quantitative estimate of drug-likeness (QED) is 0.912. The first kappa shape index (κ1) is 18.2. The number of urea groups is 1. The van der Waals surface area contributed by atoms with Crippen LogP contribution in [0.2, 0.25) is 0 Å². The number of carbonyl (C=O) groups is 1. The van der Waals surface area contributed by atoms with E-state index in [4.69, 9.17) is 0 Å². The first-order valence-electron chi connectivity index (χ1n) is 9.79.